The Labute approximate surface area is 162 Å². The molecule has 0 bridgehead atoms. The van der Waals surface area contributed by atoms with Crippen LogP contribution in [0.25, 0.3) is 0 Å². The number of rotatable bonds is 6. The van der Waals surface area contributed by atoms with Gasteiger partial charge in [-0.3, -0.25) is 4.79 Å². The molecule has 144 valence electrons. The van der Waals surface area contributed by atoms with Crippen molar-refractivity contribution in [3.63, 3.8) is 0 Å². The van der Waals surface area contributed by atoms with Crippen LogP contribution in [0.1, 0.15) is 26.5 Å². The Morgan fingerprint density at radius 2 is 1.89 bits per heavy atom. The molecule has 0 unspecified atom stereocenters. The molecule has 0 aliphatic heterocycles. The first-order valence-corrected chi connectivity index (χ1v) is 10.6. The van der Waals surface area contributed by atoms with Gasteiger partial charge < -0.3 is 10.1 Å². The predicted octanol–water partition coefficient (Wildman–Crippen LogP) is 2.28. The molecular formula is C18H20N2O5S2. The van der Waals surface area contributed by atoms with Crippen LogP contribution in [-0.2, 0) is 32.4 Å². The van der Waals surface area contributed by atoms with E-state index in [1.807, 2.05) is 6.07 Å². The van der Waals surface area contributed by atoms with Crippen LogP contribution in [-0.4, -0.2) is 45.3 Å². The normalized spacial score (nSPS) is 13.4. The molecule has 0 saturated carbocycles. The number of nitrogens with one attached hydrogen (secondary N) is 1. The summed E-state index contributed by atoms with van der Waals surface area (Å²) in [5.74, 6) is -0.993. The van der Waals surface area contributed by atoms with E-state index in [9.17, 15) is 18.0 Å². The topological polar surface area (TPSA) is 92.8 Å². The number of thiophene rings is 1. The zero-order chi connectivity index (χ0) is 19.6. The number of nitrogens with zero attached hydrogens (tertiary/aromatic N) is 1. The quantitative estimate of drug-likeness (QED) is 0.741. The van der Waals surface area contributed by atoms with E-state index < -0.39 is 28.5 Å². The molecule has 1 aromatic carbocycles. The summed E-state index contributed by atoms with van der Waals surface area (Å²) in [6.07, 6.45) is 3.10. The smallest absolute Gasteiger partial charge is 0.348 e. The van der Waals surface area contributed by atoms with Crippen LogP contribution in [0.15, 0.2) is 35.2 Å². The molecule has 0 spiro atoms. The summed E-state index contributed by atoms with van der Waals surface area (Å²) in [5, 5.41) is 2.57. The fourth-order valence-corrected chi connectivity index (χ4v) is 4.80. The van der Waals surface area contributed by atoms with Crippen molar-refractivity contribution in [3.8, 4) is 0 Å². The highest BCUT2D eigenvalue weighted by Crippen LogP contribution is 2.30. The minimum Gasteiger partial charge on any atom is -0.451 e. The highest BCUT2D eigenvalue weighted by molar-refractivity contribution is 7.89. The lowest BCUT2D eigenvalue weighted by atomic mass is 10.2. The highest BCUT2D eigenvalue weighted by atomic mass is 32.2. The van der Waals surface area contributed by atoms with Crippen molar-refractivity contribution in [1.29, 1.82) is 0 Å². The maximum absolute atomic E-state index is 12.1. The zero-order valence-electron chi connectivity index (χ0n) is 15.0. The third-order valence-electron chi connectivity index (χ3n) is 4.20. The molecule has 1 heterocycles. The second-order valence-corrected chi connectivity index (χ2v) is 9.64. The predicted molar refractivity (Wildman–Crippen MR) is 103 cm³/mol. The van der Waals surface area contributed by atoms with Gasteiger partial charge in [-0.25, -0.2) is 17.5 Å². The molecule has 27 heavy (non-hydrogen) atoms. The average Bonchev–Trinajstić information content (AvgIpc) is 3.22. The minimum absolute atomic E-state index is 0.127. The number of carbonyl (C=O) groups excluding carboxylic acids is 2. The molecular weight excluding hydrogens is 388 g/mol. The van der Waals surface area contributed by atoms with Gasteiger partial charge in [0, 0.05) is 24.7 Å². The molecule has 3 rings (SSSR count). The maximum atomic E-state index is 12.1. The van der Waals surface area contributed by atoms with E-state index in [1.165, 1.54) is 60.1 Å². The Kier molecular flexibility index (Phi) is 5.64. The van der Waals surface area contributed by atoms with E-state index in [-0.39, 0.29) is 4.90 Å². The van der Waals surface area contributed by atoms with Crippen LogP contribution in [0.2, 0.25) is 0 Å². The first-order chi connectivity index (χ1) is 12.8. The van der Waals surface area contributed by atoms with E-state index in [2.05, 4.69) is 5.32 Å². The Bertz CT molecular complexity index is 941. The van der Waals surface area contributed by atoms with Crippen molar-refractivity contribution in [2.75, 3.05) is 26.0 Å². The summed E-state index contributed by atoms with van der Waals surface area (Å²) >= 11 is 1.42. The van der Waals surface area contributed by atoms with Crippen LogP contribution in [0, 0.1) is 0 Å². The standard InChI is InChI=1S/C18H20N2O5S2/c1-20(2)27(23,24)14-8-6-13(7-9-14)19-17(21)11-25-18(22)16-10-12-4-3-5-15(12)26-16/h6-10H,3-5,11H2,1-2H3,(H,19,21). The molecule has 7 nitrogen and oxygen atoms in total. The van der Waals surface area contributed by atoms with Gasteiger partial charge in [-0.2, -0.15) is 0 Å². The van der Waals surface area contributed by atoms with E-state index in [0.717, 1.165) is 23.6 Å². The first-order valence-electron chi connectivity index (χ1n) is 8.38. The van der Waals surface area contributed by atoms with Crippen LogP contribution in [0.3, 0.4) is 0 Å². The molecule has 0 fully saturated rings. The van der Waals surface area contributed by atoms with E-state index >= 15 is 0 Å². The Balaban J connectivity index is 1.54. The van der Waals surface area contributed by atoms with Gasteiger partial charge in [0.1, 0.15) is 4.88 Å². The summed E-state index contributed by atoms with van der Waals surface area (Å²) in [6.45, 7) is -0.404. The number of ether oxygens (including phenoxy) is 1. The molecule has 1 N–H and O–H groups in total. The summed E-state index contributed by atoms with van der Waals surface area (Å²) < 4.78 is 30.2. The van der Waals surface area contributed by atoms with Crippen molar-refractivity contribution in [1.82, 2.24) is 4.31 Å². The number of benzene rings is 1. The van der Waals surface area contributed by atoms with Crippen molar-refractivity contribution >= 4 is 38.9 Å². The number of fused-ring (bicyclic) bond motifs is 1. The molecule has 0 radical (unpaired) electrons. The monoisotopic (exact) mass is 408 g/mol. The van der Waals surface area contributed by atoms with Gasteiger partial charge in [0.2, 0.25) is 10.0 Å². The lowest BCUT2D eigenvalue weighted by Gasteiger charge is -2.12. The number of aryl methyl sites for hydroxylation is 2. The number of esters is 1. The maximum Gasteiger partial charge on any atom is 0.348 e. The first kappa shape index (κ1) is 19.5. The number of hydrogen-bond donors (Lipinski definition) is 1. The Morgan fingerprint density at radius 1 is 1.19 bits per heavy atom. The third kappa shape index (κ3) is 4.37. The fourth-order valence-electron chi connectivity index (χ4n) is 2.75. The third-order valence-corrected chi connectivity index (χ3v) is 7.25. The molecule has 1 aromatic heterocycles. The molecule has 2 aromatic rings. The van der Waals surface area contributed by atoms with Gasteiger partial charge in [-0.15, -0.1) is 11.3 Å². The van der Waals surface area contributed by atoms with Crippen molar-refractivity contribution in [2.24, 2.45) is 0 Å². The van der Waals surface area contributed by atoms with Crippen LogP contribution in [0.4, 0.5) is 5.69 Å². The van der Waals surface area contributed by atoms with E-state index in [4.69, 9.17) is 4.74 Å². The van der Waals surface area contributed by atoms with Gasteiger partial charge in [0.25, 0.3) is 5.91 Å². The number of carbonyl (C=O) groups is 2. The van der Waals surface area contributed by atoms with Gasteiger partial charge in [0.15, 0.2) is 6.61 Å². The number of hydrogen-bond acceptors (Lipinski definition) is 6. The molecule has 1 aliphatic carbocycles. The second-order valence-electron chi connectivity index (χ2n) is 6.35. The molecule has 0 saturated heterocycles. The second kappa shape index (κ2) is 7.79. The van der Waals surface area contributed by atoms with Crippen molar-refractivity contribution in [2.45, 2.75) is 24.2 Å². The molecule has 1 amide bonds. The SMILES string of the molecule is CN(C)S(=O)(=O)c1ccc(NC(=O)COC(=O)c2cc3c(s2)CCC3)cc1. The lowest BCUT2D eigenvalue weighted by molar-refractivity contribution is -0.119. The van der Waals surface area contributed by atoms with Gasteiger partial charge in [-0.05, 0) is 55.2 Å². The number of amides is 1. The van der Waals surface area contributed by atoms with Crippen molar-refractivity contribution in [3.05, 3.63) is 45.6 Å². The van der Waals surface area contributed by atoms with E-state index in [0.29, 0.717) is 10.6 Å². The highest BCUT2D eigenvalue weighted by Gasteiger charge is 2.20. The molecule has 0 atom stereocenters. The summed E-state index contributed by atoms with van der Waals surface area (Å²) in [4.78, 5) is 25.9. The Hall–Kier alpha value is -2.23. The number of anilines is 1. The largest absolute Gasteiger partial charge is 0.451 e. The number of sulfonamides is 1. The van der Waals surface area contributed by atoms with Gasteiger partial charge in [-0.1, -0.05) is 0 Å². The van der Waals surface area contributed by atoms with Crippen LogP contribution >= 0.6 is 11.3 Å². The van der Waals surface area contributed by atoms with Gasteiger partial charge >= 0.3 is 5.97 Å². The summed E-state index contributed by atoms with van der Waals surface area (Å²) in [5.41, 5.74) is 1.62. The molecule has 9 heteroatoms. The fraction of sp³-hybridized carbons (Fsp3) is 0.333. The zero-order valence-corrected chi connectivity index (χ0v) is 16.7. The van der Waals surface area contributed by atoms with Crippen molar-refractivity contribution < 1.29 is 22.7 Å². The Morgan fingerprint density at radius 3 is 2.52 bits per heavy atom. The van der Waals surface area contributed by atoms with E-state index in [1.54, 1.807) is 0 Å². The minimum atomic E-state index is -3.52. The summed E-state index contributed by atoms with van der Waals surface area (Å²) in [6, 6.07) is 7.63. The average molecular weight is 409 g/mol. The lowest BCUT2D eigenvalue weighted by Crippen LogP contribution is -2.22. The van der Waals surface area contributed by atoms with Gasteiger partial charge in [0.05, 0.1) is 4.90 Å². The molecule has 1 aliphatic rings. The summed E-state index contributed by atoms with van der Waals surface area (Å²) in [7, 11) is -0.629. The van der Waals surface area contributed by atoms with Crippen LogP contribution < -0.4 is 5.32 Å². The van der Waals surface area contributed by atoms with Crippen LogP contribution in [0.5, 0.6) is 0 Å².